The molecule has 2 saturated carbocycles. The van der Waals surface area contributed by atoms with E-state index < -0.39 is 5.97 Å². The number of unbranched alkanes of at least 4 members (excludes halogenated alkanes) is 2. The number of aromatic nitrogens is 1. The number of rotatable bonds is 9. The number of H-pyrrole nitrogens is 1. The molecule has 3 N–H and O–H groups in total. The van der Waals surface area contributed by atoms with Crippen LogP contribution in [0.1, 0.15) is 48.5 Å². The minimum atomic E-state index is -0.845. The molecule has 4 aliphatic rings. The standard InChI is InChI=1S/C27H30N2O8S2/c1-36-14-8-11(9-15(37-2)21(14)32)17-18-12-10-13(22(18)38-24-23(17)39-27(35)28-24)20-19(12)25(33)29(26(20)34)7-5-3-4-6-16(30)31/h8-9,12-13,17-20,22,32H,3-7,10H2,1-2H3,(H,28,35)(H,30,31)/t12?,13?,17-,18?,19?,20?,22?/m1/s1. The number of aromatic hydroxyl groups is 1. The molecule has 2 aliphatic heterocycles. The van der Waals surface area contributed by atoms with Crippen molar-refractivity contribution in [2.75, 3.05) is 20.8 Å². The number of methoxy groups -OCH3 is 2. The van der Waals surface area contributed by atoms with Crippen LogP contribution in [0, 0.1) is 29.6 Å². The molecule has 1 saturated heterocycles. The zero-order chi connectivity index (χ0) is 27.6. The smallest absolute Gasteiger partial charge is 0.305 e. The van der Waals surface area contributed by atoms with Crippen LogP contribution in [0.5, 0.6) is 17.2 Å². The Balaban J connectivity index is 1.33. The number of thioether (sulfide) groups is 1. The van der Waals surface area contributed by atoms with Crippen molar-refractivity contribution in [2.24, 2.45) is 29.6 Å². The fourth-order valence-corrected chi connectivity index (χ4v) is 10.4. The van der Waals surface area contributed by atoms with Gasteiger partial charge in [0.15, 0.2) is 11.5 Å². The molecular weight excluding hydrogens is 544 g/mol. The van der Waals surface area contributed by atoms with Crippen molar-refractivity contribution in [3.63, 3.8) is 0 Å². The number of hydrogen-bond donors (Lipinski definition) is 3. The highest BCUT2D eigenvalue weighted by Gasteiger charge is 2.69. The van der Waals surface area contributed by atoms with Gasteiger partial charge in [-0.25, -0.2) is 0 Å². The summed E-state index contributed by atoms with van der Waals surface area (Å²) in [5, 5.41) is 20.2. The number of nitrogens with one attached hydrogen (secondary N) is 1. The van der Waals surface area contributed by atoms with Crippen LogP contribution >= 0.6 is 23.1 Å². The molecule has 6 unspecified atom stereocenters. The Labute approximate surface area is 232 Å². The highest BCUT2D eigenvalue weighted by Crippen LogP contribution is 2.68. The van der Waals surface area contributed by atoms with Gasteiger partial charge in [-0.1, -0.05) is 17.8 Å². The zero-order valence-electron chi connectivity index (χ0n) is 21.5. The van der Waals surface area contributed by atoms with E-state index in [4.69, 9.17) is 14.6 Å². The van der Waals surface area contributed by atoms with Crippen LogP contribution in [0.4, 0.5) is 0 Å². The fourth-order valence-electron chi connectivity index (χ4n) is 7.49. The maximum absolute atomic E-state index is 13.6. The van der Waals surface area contributed by atoms with E-state index in [1.54, 1.807) is 23.9 Å². The Morgan fingerprint density at radius 2 is 1.72 bits per heavy atom. The Bertz CT molecular complexity index is 1380. The monoisotopic (exact) mass is 574 g/mol. The molecule has 0 radical (unpaired) electrons. The van der Waals surface area contributed by atoms with Crippen LogP contribution in [0.2, 0.25) is 0 Å². The highest BCUT2D eigenvalue weighted by molar-refractivity contribution is 8.00. The second kappa shape index (κ2) is 9.88. The first-order valence-electron chi connectivity index (χ1n) is 13.2. The number of benzene rings is 1. The molecule has 7 atom stereocenters. The van der Waals surface area contributed by atoms with E-state index in [0.29, 0.717) is 25.8 Å². The molecular formula is C27H30N2O8S2. The molecule has 0 spiro atoms. The van der Waals surface area contributed by atoms with Gasteiger partial charge in [0, 0.05) is 29.0 Å². The van der Waals surface area contributed by atoms with Gasteiger partial charge in [0.25, 0.3) is 0 Å². The summed E-state index contributed by atoms with van der Waals surface area (Å²) < 4.78 is 10.9. The van der Waals surface area contributed by atoms with Gasteiger partial charge in [0.2, 0.25) is 17.6 Å². The van der Waals surface area contributed by atoms with Crippen LogP contribution in [-0.2, 0) is 14.4 Å². The van der Waals surface area contributed by atoms with E-state index in [9.17, 15) is 24.3 Å². The summed E-state index contributed by atoms with van der Waals surface area (Å²) in [5.41, 5.74) is 0.837. The van der Waals surface area contributed by atoms with Crippen LogP contribution < -0.4 is 14.3 Å². The third-order valence-electron chi connectivity index (χ3n) is 8.95. The van der Waals surface area contributed by atoms with Crippen molar-refractivity contribution >= 4 is 40.9 Å². The molecule has 1 aromatic heterocycles. The van der Waals surface area contributed by atoms with Crippen molar-refractivity contribution in [1.82, 2.24) is 9.88 Å². The molecule has 10 nitrogen and oxygen atoms in total. The molecule has 2 aromatic rings. The molecule has 208 valence electrons. The number of carbonyl (C=O) groups is 3. The number of carbonyl (C=O) groups excluding carboxylic acids is 2. The topological polar surface area (TPSA) is 146 Å². The minimum absolute atomic E-state index is 0.0171. The molecule has 6 rings (SSSR count). The second-order valence-corrected chi connectivity index (χ2v) is 13.0. The number of thiazole rings is 1. The van der Waals surface area contributed by atoms with E-state index >= 15 is 0 Å². The van der Waals surface area contributed by atoms with Crippen molar-refractivity contribution in [3.05, 3.63) is 32.2 Å². The van der Waals surface area contributed by atoms with Gasteiger partial charge in [-0.15, -0.1) is 11.8 Å². The molecule has 2 bridgehead atoms. The number of aromatic amines is 1. The first kappa shape index (κ1) is 26.2. The largest absolute Gasteiger partial charge is 0.502 e. The number of carboxylic acid groups (broad SMARTS) is 1. The Morgan fingerprint density at radius 1 is 1.05 bits per heavy atom. The summed E-state index contributed by atoms with van der Waals surface area (Å²) in [5.74, 6) is -1.58. The SMILES string of the molecule is COc1cc([C@H]2c3sc(=O)[nH]c3SC3C4CC(C5C(=O)N(CCCCCC(=O)O)C(=O)C45)C32)cc(OC)c1O. The number of amides is 2. The number of nitrogens with zero attached hydrogens (tertiary/aromatic N) is 1. The van der Waals surface area contributed by atoms with Gasteiger partial charge in [-0.05, 0) is 54.7 Å². The van der Waals surface area contributed by atoms with Gasteiger partial charge in [-0.2, -0.15) is 0 Å². The number of likely N-dealkylation sites (tertiary alicyclic amines) is 1. The lowest BCUT2D eigenvalue weighted by Gasteiger charge is -2.43. The zero-order valence-corrected chi connectivity index (χ0v) is 23.2. The summed E-state index contributed by atoms with van der Waals surface area (Å²) >= 11 is 2.78. The number of phenolic OH excluding ortho intramolecular Hbond substituents is 1. The van der Waals surface area contributed by atoms with Crippen LogP contribution in [0.15, 0.2) is 22.0 Å². The van der Waals surface area contributed by atoms with Crippen LogP contribution in [0.25, 0.3) is 0 Å². The lowest BCUT2D eigenvalue weighted by Crippen LogP contribution is -2.42. The maximum Gasteiger partial charge on any atom is 0.305 e. The molecule has 39 heavy (non-hydrogen) atoms. The lowest BCUT2D eigenvalue weighted by atomic mass is 9.68. The van der Waals surface area contributed by atoms with Crippen molar-refractivity contribution in [3.8, 4) is 17.2 Å². The van der Waals surface area contributed by atoms with Gasteiger partial charge >= 0.3 is 10.8 Å². The Morgan fingerprint density at radius 3 is 2.36 bits per heavy atom. The summed E-state index contributed by atoms with van der Waals surface area (Å²) in [6.07, 6.45) is 2.62. The molecule has 3 heterocycles. The second-order valence-electron chi connectivity index (χ2n) is 10.8. The van der Waals surface area contributed by atoms with Gasteiger partial charge in [0.1, 0.15) is 0 Å². The average molecular weight is 575 g/mol. The van der Waals surface area contributed by atoms with E-state index in [2.05, 4.69) is 4.98 Å². The first-order valence-corrected chi connectivity index (χ1v) is 14.9. The molecule has 2 amide bonds. The summed E-state index contributed by atoms with van der Waals surface area (Å²) in [4.78, 5) is 55.6. The highest BCUT2D eigenvalue weighted by atomic mass is 32.2. The Kier molecular flexibility index (Phi) is 6.65. The number of ether oxygens (including phenoxy) is 2. The summed E-state index contributed by atoms with van der Waals surface area (Å²) in [7, 11) is 2.94. The van der Waals surface area contributed by atoms with Gasteiger partial charge in [0.05, 0.1) is 31.1 Å². The Hall–Kier alpha value is -2.99. The van der Waals surface area contributed by atoms with E-state index in [-0.39, 0.29) is 81.1 Å². The van der Waals surface area contributed by atoms with Gasteiger partial charge in [-0.3, -0.25) is 24.1 Å². The molecule has 12 heteroatoms. The quantitative estimate of drug-likeness (QED) is 0.303. The minimum Gasteiger partial charge on any atom is -0.502 e. The fraction of sp³-hybridized carbons (Fsp3) is 0.556. The number of aliphatic carboxylic acids is 1. The van der Waals surface area contributed by atoms with Gasteiger partial charge < -0.3 is 24.7 Å². The normalized spacial score (nSPS) is 30.3. The predicted octanol–water partition coefficient (Wildman–Crippen LogP) is 3.28. The van der Waals surface area contributed by atoms with E-state index in [1.165, 1.54) is 30.5 Å². The number of carboxylic acids is 1. The third kappa shape index (κ3) is 4.05. The maximum atomic E-state index is 13.6. The molecule has 3 fully saturated rings. The van der Waals surface area contributed by atoms with Crippen LogP contribution in [-0.4, -0.2) is 63.9 Å². The van der Waals surface area contributed by atoms with Crippen LogP contribution in [0.3, 0.4) is 0 Å². The molecule has 1 aromatic carbocycles. The molecule has 2 aliphatic carbocycles. The number of imide groups is 1. The van der Waals surface area contributed by atoms with Crippen molar-refractivity contribution < 1.29 is 34.1 Å². The number of fused-ring (bicyclic) bond motifs is 9. The van der Waals surface area contributed by atoms with Crippen molar-refractivity contribution in [1.29, 1.82) is 0 Å². The predicted molar refractivity (Wildman–Crippen MR) is 143 cm³/mol. The van der Waals surface area contributed by atoms with E-state index in [0.717, 1.165) is 21.9 Å². The summed E-state index contributed by atoms with van der Waals surface area (Å²) in [6.45, 7) is 0.322. The summed E-state index contributed by atoms with van der Waals surface area (Å²) in [6, 6.07) is 3.55. The first-order chi connectivity index (χ1) is 18.7. The number of phenols is 1. The van der Waals surface area contributed by atoms with Crippen molar-refractivity contribution in [2.45, 2.75) is 48.3 Å². The average Bonchev–Trinajstić information content (AvgIpc) is 3.63. The lowest BCUT2D eigenvalue weighted by molar-refractivity contribution is -0.141. The number of hydrogen-bond acceptors (Lipinski definition) is 9. The van der Waals surface area contributed by atoms with E-state index in [1.807, 2.05) is 0 Å². The third-order valence-corrected chi connectivity index (χ3v) is 11.5.